The van der Waals surface area contributed by atoms with Gasteiger partial charge in [0.05, 0.1) is 0 Å². The van der Waals surface area contributed by atoms with E-state index < -0.39 is 15.1 Å². The Labute approximate surface area is 327 Å². The Morgan fingerprint density at radius 1 is 0.250 bits per heavy atom. The van der Waals surface area contributed by atoms with E-state index in [1.807, 2.05) is 0 Å². The zero-order valence-corrected chi connectivity index (χ0v) is 32.3. The van der Waals surface area contributed by atoms with Crippen LogP contribution in [0.15, 0.2) is 206 Å². The Balaban J connectivity index is 1.36. The fourth-order valence-electron chi connectivity index (χ4n) is 9.67. The van der Waals surface area contributed by atoms with Crippen molar-refractivity contribution in [2.24, 2.45) is 0 Å². The molecule has 0 aliphatic rings. The lowest BCUT2D eigenvalue weighted by molar-refractivity contribution is 1.67. The van der Waals surface area contributed by atoms with Crippen LogP contribution in [-0.4, -0.2) is 0 Å². The summed E-state index contributed by atoms with van der Waals surface area (Å²) < 4.78 is 0. The Hall–Kier alpha value is -6.42. The minimum atomic E-state index is -0.804. The molecule has 2 heterocycles. The van der Waals surface area contributed by atoms with Gasteiger partial charge in [-0.15, -0.1) is 0 Å². The first kappa shape index (κ1) is 31.9. The first-order valence-corrected chi connectivity index (χ1v) is 22.1. The van der Waals surface area contributed by atoms with Gasteiger partial charge in [0.2, 0.25) is 0 Å². The molecule has 0 fully saturated rings. The maximum absolute atomic E-state index is 2.61. The Morgan fingerprint density at radius 2 is 0.661 bits per heavy atom. The summed E-state index contributed by atoms with van der Waals surface area (Å²) in [6.45, 7) is 0. The molecule has 2 unspecified atom stereocenters. The maximum atomic E-state index is 2.61. The van der Waals surface area contributed by atoms with Crippen LogP contribution < -0.4 is 0 Å². The highest BCUT2D eigenvalue weighted by Crippen LogP contribution is 2.62. The number of rotatable bonds is 4. The van der Waals surface area contributed by atoms with Crippen molar-refractivity contribution >= 4 is 89.4 Å². The molecule has 12 aromatic rings. The van der Waals surface area contributed by atoms with Crippen molar-refractivity contribution in [3.05, 3.63) is 206 Å². The molecule has 0 nitrogen and oxygen atoms in total. The van der Waals surface area contributed by atoms with Crippen molar-refractivity contribution in [3.8, 4) is 32.9 Å². The minimum absolute atomic E-state index is 0.719. The second-order valence-corrected chi connectivity index (χ2v) is 19.1. The van der Waals surface area contributed by atoms with Gasteiger partial charge in [-0.05, 0) is 88.1 Å². The molecule has 0 bridgehead atoms. The second-order valence-electron chi connectivity index (χ2n) is 14.8. The van der Waals surface area contributed by atoms with Crippen molar-refractivity contribution < 1.29 is 0 Å². The van der Waals surface area contributed by atoms with Crippen molar-refractivity contribution in [3.63, 3.8) is 0 Å². The molecule has 0 spiro atoms. The van der Waals surface area contributed by atoms with Gasteiger partial charge in [-0.3, -0.25) is 0 Å². The highest BCUT2D eigenvalue weighted by atomic mass is 31.1. The standard InChI is InChI=1S/C54H34P2/c1-4-18-35(19-5-1)50-38-24-10-12-26-40(38)51(41-27-13-11-25-39(41)50)45-34-49-53(44-29-15-17-31-47(44)56(49)37-22-8-3-9-23-37)54-42(45)32-33-48-52(54)43-28-14-16-30-46(43)55(48)36-20-6-2-7-21-36/h1-34H. The zero-order chi connectivity index (χ0) is 36.7. The summed E-state index contributed by atoms with van der Waals surface area (Å²) in [7, 11) is -1.52. The Bertz CT molecular complexity index is 3420. The van der Waals surface area contributed by atoms with Gasteiger partial charge in [0.1, 0.15) is 0 Å². The predicted molar refractivity (Wildman–Crippen MR) is 248 cm³/mol. The van der Waals surface area contributed by atoms with Crippen LogP contribution in [0.4, 0.5) is 0 Å². The molecule has 0 N–H and O–H groups in total. The molecule has 0 radical (unpaired) electrons. The Kier molecular flexibility index (Phi) is 7.15. The van der Waals surface area contributed by atoms with Gasteiger partial charge in [-0.1, -0.05) is 209 Å². The Morgan fingerprint density at radius 3 is 1.20 bits per heavy atom. The van der Waals surface area contributed by atoms with Crippen LogP contribution in [0.1, 0.15) is 0 Å². The lowest BCUT2D eigenvalue weighted by atomic mass is 9.84. The van der Waals surface area contributed by atoms with Gasteiger partial charge in [-0.25, -0.2) is 0 Å². The molecule has 0 aliphatic carbocycles. The second kappa shape index (κ2) is 12.6. The van der Waals surface area contributed by atoms with Gasteiger partial charge in [0, 0.05) is 31.2 Å². The first-order valence-electron chi connectivity index (χ1n) is 19.4. The topological polar surface area (TPSA) is 0 Å². The van der Waals surface area contributed by atoms with Crippen LogP contribution >= 0.6 is 15.1 Å². The molecule has 0 saturated carbocycles. The molecule has 0 saturated heterocycles. The molecule has 2 heteroatoms. The molecule has 0 aliphatic heterocycles. The third-order valence-electron chi connectivity index (χ3n) is 11.9. The number of benzene rings is 10. The van der Waals surface area contributed by atoms with Crippen molar-refractivity contribution in [2.45, 2.75) is 0 Å². The highest BCUT2D eigenvalue weighted by Gasteiger charge is 2.25. The van der Waals surface area contributed by atoms with Crippen molar-refractivity contribution in [2.75, 3.05) is 0 Å². The lowest BCUT2D eigenvalue weighted by Gasteiger charge is -2.20. The van der Waals surface area contributed by atoms with Crippen LogP contribution in [0.5, 0.6) is 0 Å². The van der Waals surface area contributed by atoms with E-state index in [0.717, 1.165) is 0 Å². The summed E-state index contributed by atoms with van der Waals surface area (Å²) in [4.78, 5) is 0. The molecule has 260 valence electrons. The van der Waals surface area contributed by atoms with Crippen LogP contribution in [0.2, 0.25) is 0 Å². The fourth-order valence-corrected chi connectivity index (χ4v) is 15.0. The van der Waals surface area contributed by atoms with E-state index in [1.165, 1.54) is 107 Å². The molecular formula is C54H34P2. The van der Waals surface area contributed by atoms with Crippen LogP contribution in [-0.2, 0) is 0 Å². The summed E-state index contributed by atoms with van der Waals surface area (Å²) in [6, 6.07) is 77.7. The third kappa shape index (κ3) is 4.55. The first-order chi connectivity index (χ1) is 27.8. The number of hydrogen-bond acceptors (Lipinski definition) is 0. The zero-order valence-electron chi connectivity index (χ0n) is 30.5. The average Bonchev–Trinajstić information content (AvgIpc) is 3.79. The summed E-state index contributed by atoms with van der Waals surface area (Å²) in [5, 5.41) is 22.1. The largest absolute Gasteiger partial charge is 0.0772 e. The van der Waals surface area contributed by atoms with E-state index in [2.05, 4.69) is 206 Å². The third-order valence-corrected chi connectivity index (χ3v) is 16.9. The average molecular weight is 745 g/mol. The SMILES string of the molecule is c1ccc(-c2c3ccccc3c(-c3cc4c(c5ccccc5p4-c4ccccc4)c4c3ccc3c4c4ccccc4p3-c3ccccc3)c3ccccc23)cc1. The monoisotopic (exact) mass is 744 g/mol. The van der Waals surface area contributed by atoms with Gasteiger partial charge < -0.3 is 0 Å². The number of hydrogen-bond donors (Lipinski definition) is 0. The predicted octanol–water partition coefficient (Wildman–Crippen LogP) is 17.0. The molecular weight excluding hydrogens is 711 g/mol. The molecule has 2 aromatic heterocycles. The van der Waals surface area contributed by atoms with E-state index in [4.69, 9.17) is 0 Å². The maximum Gasteiger partial charge on any atom is 0.00812 e. The fraction of sp³-hybridized carbons (Fsp3) is 0. The van der Waals surface area contributed by atoms with Gasteiger partial charge in [-0.2, -0.15) is 0 Å². The molecule has 0 amide bonds. The summed E-state index contributed by atoms with van der Waals surface area (Å²) in [5.74, 6) is 0. The van der Waals surface area contributed by atoms with Crippen LogP contribution in [0, 0.1) is 0 Å². The van der Waals surface area contributed by atoms with Crippen molar-refractivity contribution in [1.82, 2.24) is 0 Å². The summed E-state index contributed by atoms with van der Waals surface area (Å²) in [5.41, 5.74) is 5.18. The van der Waals surface area contributed by atoms with Crippen LogP contribution in [0.25, 0.3) is 107 Å². The molecule has 12 rings (SSSR count). The summed E-state index contributed by atoms with van der Waals surface area (Å²) >= 11 is 0. The van der Waals surface area contributed by atoms with E-state index >= 15 is 0 Å². The highest BCUT2D eigenvalue weighted by molar-refractivity contribution is 7.68. The van der Waals surface area contributed by atoms with E-state index in [-0.39, 0.29) is 0 Å². The van der Waals surface area contributed by atoms with Gasteiger partial charge >= 0.3 is 0 Å². The summed E-state index contributed by atoms with van der Waals surface area (Å²) in [6.07, 6.45) is 0. The smallest absolute Gasteiger partial charge is 0.00812 e. The van der Waals surface area contributed by atoms with Crippen LogP contribution in [0.3, 0.4) is 0 Å². The van der Waals surface area contributed by atoms with E-state index in [0.29, 0.717) is 0 Å². The molecule has 10 aromatic carbocycles. The molecule has 2 atom stereocenters. The van der Waals surface area contributed by atoms with E-state index in [9.17, 15) is 0 Å². The lowest BCUT2D eigenvalue weighted by Crippen LogP contribution is -1.92. The van der Waals surface area contributed by atoms with Crippen molar-refractivity contribution in [1.29, 1.82) is 0 Å². The normalized spacial score (nSPS) is 12.6. The van der Waals surface area contributed by atoms with Gasteiger partial charge in [0.15, 0.2) is 0 Å². The number of fused-ring (bicyclic) bond motifs is 11. The van der Waals surface area contributed by atoms with E-state index in [1.54, 1.807) is 0 Å². The molecule has 56 heavy (non-hydrogen) atoms. The van der Waals surface area contributed by atoms with Gasteiger partial charge in [0.25, 0.3) is 0 Å². The quantitative estimate of drug-likeness (QED) is 0.157. The minimum Gasteiger partial charge on any atom is -0.0772 e.